The third-order valence-electron chi connectivity index (χ3n) is 4.32. The summed E-state index contributed by atoms with van der Waals surface area (Å²) in [5, 5.41) is 14.2. The molecule has 1 heterocycles. The van der Waals surface area contributed by atoms with Crippen molar-refractivity contribution in [2.24, 2.45) is 0 Å². The summed E-state index contributed by atoms with van der Waals surface area (Å²) in [6, 6.07) is 13.6. The number of benzene rings is 2. The Morgan fingerprint density at radius 1 is 1.40 bits per heavy atom. The molecule has 0 radical (unpaired) electrons. The lowest BCUT2D eigenvalue weighted by Crippen LogP contribution is -2.32. The predicted molar refractivity (Wildman–Crippen MR) is 96.1 cm³/mol. The maximum atomic E-state index is 12.4. The molecule has 0 saturated carbocycles. The Balaban J connectivity index is 1.89. The average Bonchev–Trinajstić information content (AvgIpc) is 3.17. The van der Waals surface area contributed by atoms with E-state index in [4.69, 9.17) is 9.47 Å². The summed E-state index contributed by atoms with van der Waals surface area (Å²) in [4.78, 5) is 12.4. The maximum absolute atomic E-state index is 12.4. The molecule has 0 spiro atoms. The first-order chi connectivity index (χ1) is 12.2. The Morgan fingerprint density at radius 2 is 2.24 bits per heavy atom. The van der Waals surface area contributed by atoms with Crippen LogP contribution in [0.25, 0.3) is 16.8 Å². The molecule has 1 fully saturated rings. The van der Waals surface area contributed by atoms with Crippen molar-refractivity contribution in [1.82, 2.24) is 5.32 Å². The standard InChI is InChI=1S/C20H20N2O3/c1-24-19-9-8-14-5-2-3-7-17(14)18(19)11-15(12-21)20(23)22-13-16-6-4-10-25-16/h2-3,5,7-9,11,16H,4,6,10,13H2,1H3,(H,22,23). The van der Waals surface area contributed by atoms with Gasteiger partial charge in [-0.25, -0.2) is 0 Å². The lowest BCUT2D eigenvalue weighted by atomic mass is 10.0. The summed E-state index contributed by atoms with van der Waals surface area (Å²) >= 11 is 0. The van der Waals surface area contributed by atoms with E-state index in [2.05, 4.69) is 5.32 Å². The number of fused-ring (bicyclic) bond motifs is 1. The molecular weight excluding hydrogens is 316 g/mol. The topological polar surface area (TPSA) is 71.3 Å². The van der Waals surface area contributed by atoms with Gasteiger partial charge < -0.3 is 14.8 Å². The van der Waals surface area contributed by atoms with Gasteiger partial charge >= 0.3 is 0 Å². The highest BCUT2D eigenvalue weighted by atomic mass is 16.5. The number of carbonyl (C=O) groups excluding carboxylic acids is 1. The molecule has 0 bridgehead atoms. The molecule has 1 saturated heterocycles. The summed E-state index contributed by atoms with van der Waals surface area (Å²) in [5.41, 5.74) is 0.775. The molecule has 1 atom stereocenters. The summed E-state index contributed by atoms with van der Waals surface area (Å²) < 4.78 is 10.9. The molecule has 5 nitrogen and oxygen atoms in total. The van der Waals surface area contributed by atoms with Crippen molar-refractivity contribution in [3.8, 4) is 11.8 Å². The van der Waals surface area contributed by atoms with E-state index in [0.717, 1.165) is 35.8 Å². The van der Waals surface area contributed by atoms with Crippen molar-refractivity contribution >= 4 is 22.8 Å². The second kappa shape index (κ2) is 7.82. The summed E-state index contributed by atoms with van der Waals surface area (Å²) in [5.74, 6) is 0.228. The van der Waals surface area contributed by atoms with Crippen molar-refractivity contribution in [2.75, 3.05) is 20.3 Å². The fraction of sp³-hybridized carbons (Fsp3) is 0.300. The van der Waals surface area contributed by atoms with Gasteiger partial charge in [-0.3, -0.25) is 4.79 Å². The zero-order valence-corrected chi connectivity index (χ0v) is 14.1. The van der Waals surface area contributed by atoms with Crippen molar-refractivity contribution in [3.05, 3.63) is 47.5 Å². The van der Waals surface area contributed by atoms with E-state index in [1.807, 2.05) is 42.5 Å². The monoisotopic (exact) mass is 336 g/mol. The molecule has 128 valence electrons. The third-order valence-corrected chi connectivity index (χ3v) is 4.32. The van der Waals surface area contributed by atoms with Gasteiger partial charge in [-0.15, -0.1) is 0 Å². The quantitative estimate of drug-likeness (QED) is 0.673. The van der Waals surface area contributed by atoms with E-state index in [1.165, 1.54) is 0 Å². The molecule has 2 aromatic rings. The van der Waals surface area contributed by atoms with Crippen LogP contribution in [0.15, 0.2) is 42.0 Å². The number of hydrogen-bond donors (Lipinski definition) is 1. The average molecular weight is 336 g/mol. The van der Waals surface area contributed by atoms with Crippen molar-refractivity contribution in [2.45, 2.75) is 18.9 Å². The Bertz CT molecular complexity index is 846. The highest BCUT2D eigenvalue weighted by Crippen LogP contribution is 2.30. The fourth-order valence-electron chi connectivity index (χ4n) is 3.00. The number of rotatable bonds is 5. The molecule has 2 aromatic carbocycles. The smallest absolute Gasteiger partial charge is 0.262 e. The van der Waals surface area contributed by atoms with Crippen LogP contribution in [0.4, 0.5) is 0 Å². The molecule has 5 heteroatoms. The van der Waals surface area contributed by atoms with E-state index in [-0.39, 0.29) is 11.7 Å². The first kappa shape index (κ1) is 17.0. The van der Waals surface area contributed by atoms with Crippen LogP contribution in [0, 0.1) is 11.3 Å². The van der Waals surface area contributed by atoms with E-state index < -0.39 is 5.91 Å². The largest absolute Gasteiger partial charge is 0.496 e. The van der Waals surface area contributed by atoms with Gasteiger partial charge in [-0.05, 0) is 35.8 Å². The van der Waals surface area contributed by atoms with Crippen LogP contribution in [-0.2, 0) is 9.53 Å². The number of nitriles is 1. The molecular formula is C20H20N2O3. The van der Waals surface area contributed by atoms with Crippen LogP contribution in [-0.4, -0.2) is 32.3 Å². The van der Waals surface area contributed by atoms with Crippen molar-refractivity contribution < 1.29 is 14.3 Å². The molecule has 0 aliphatic carbocycles. The Labute approximate surface area is 146 Å². The molecule has 1 aliphatic heterocycles. The summed E-state index contributed by atoms with van der Waals surface area (Å²) in [7, 11) is 1.57. The minimum absolute atomic E-state index is 0.0379. The molecule has 1 N–H and O–H groups in total. The van der Waals surface area contributed by atoms with E-state index in [0.29, 0.717) is 12.3 Å². The van der Waals surface area contributed by atoms with Crippen LogP contribution in [0.1, 0.15) is 18.4 Å². The zero-order valence-electron chi connectivity index (χ0n) is 14.1. The second-order valence-corrected chi connectivity index (χ2v) is 5.92. The molecule has 3 rings (SSSR count). The number of nitrogens with one attached hydrogen (secondary N) is 1. The Hall–Kier alpha value is -2.84. The number of methoxy groups -OCH3 is 1. The fourth-order valence-corrected chi connectivity index (χ4v) is 3.00. The normalized spacial score (nSPS) is 17.3. The first-order valence-corrected chi connectivity index (χ1v) is 8.30. The van der Waals surface area contributed by atoms with Gasteiger partial charge in [0.1, 0.15) is 17.4 Å². The summed E-state index contributed by atoms with van der Waals surface area (Å²) in [6.45, 7) is 1.15. The van der Waals surface area contributed by atoms with Crippen LogP contribution in [0.5, 0.6) is 5.75 Å². The lowest BCUT2D eigenvalue weighted by molar-refractivity contribution is -0.117. The zero-order chi connectivity index (χ0) is 17.6. The third kappa shape index (κ3) is 3.81. The van der Waals surface area contributed by atoms with Crippen molar-refractivity contribution in [1.29, 1.82) is 5.26 Å². The molecule has 1 amide bonds. The van der Waals surface area contributed by atoms with Gasteiger partial charge in [-0.2, -0.15) is 5.26 Å². The van der Waals surface area contributed by atoms with Gasteiger partial charge in [-0.1, -0.05) is 30.3 Å². The molecule has 0 aromatic heterocycles. The van der Waals surface area contributed by atoms with Crippen LogP contribution in [0.3, 0.4) is 0 Å². The van der Waals surface area contributed by atoms with Crippen LogP contribution in [0.2, 0.25) is 0 Å². The van der Waals surface area contributed by atoms with Gasteiger partial charge in [0.05, 0.1) is 13.2 Å². The highest BCUT2D eigenvalue weighted by molar-refractivity contribution is 6.05. The van der Waals surface area contributed by atoms with Gasteiger partial charge in [0.15, 0.2) is 0 Å². The second-order valence-electron chi connectivity index (χ2n) is 5.92. The molecule has 1 aliphatic rings. The van der Waals surface area contributed by atoms with Crippen LogP contribution < -0.4 is 10.1 Å². The molecule has 1 unspecified atom stereocenters. The number of nitrogens with zero attached hydrogens (tertiary/aromatic N) is 1. The van der Waals surface area contributed by atoms with E-state index in [9.17, 15) is 10.1 Å². The number of ether oxygens (including phenoxy) is 2. The van der Waals surface area contributed by atoms with Crippen molar-refractivity contribution in [3.63, 3.8) is 0 Å². The maximum Gasteiger partial charge on any atom is 0.262 e. The Kier molecular flexibility index (Phi) is 5.32. The number of hydrogen-bond acceptors (Lipinski definition) is 4. The van der Waals surface area contributed by atoms with E-state index >= 15 is 0 Å². The SMILES string of the molecule is COc1ccc2ccccc2c1C=C(C#N)C(=O)NCC1CCCO1. The van der Waals surface area contributed by atoms with Gasteiger partial charge in [0, 0.05) is 18.7 Å². The Morgan fingerprint density at radius 3 is 2.96 bits per heavy atom. The summed E-state index contributed by atoms with van der Waals surface area (Å²) in [6.07, 6.45) is 3.57. The minimum atomic E-state index is -0.395. The minimum Gasteiger partial charge on any atom is -0.496 e. The lowest BCUT2D eigenvalue weighted by Gasteiger charge is -2.11. The highest BCUT2D eigenvalue weighted by Gasteiger charge is 2.18. The number of amides is 1. The molecule has 25 heavy (non-hydrogen) atoms. The van der Waals surface area contributed by atoms with Crippen LogP contribution >= 0.6 is 0 Å². The van der Waals surface area contributed by atoms with Gasteiger partial charge in [0.2, 0.25) is 0 Å². The number of carbonyl (C=O) groups is 1. The first-order valence-electron chi connectivity index (χ1n) is 8.30. The van der Waals surface area contributed by atoms with E-state index in [1.54, 1.807) is 13.2 Å². The predicted octanol–water partition coefficient (Wildman–Crippen LogP) is 3.05. The van der Waals surface area contributed by atoms with Gasteiger partial charge in [0.25, 0.3) is 5.91 Å².